The zero-order valence-electron chi connectivity index (χ0n) is 16.9. The van der Waals surface area contributed by atoms with Gasteiger partial charge in [0.1, 0.15) is 5.78 Å². The summed E-state index contributed by atoms with van der Waals surface area (Å²) in [6.45, 7) is 6.11. The maximum Gasteiger partial charge on any atom is 0.224 e. The van der Waals surface area contributed by atoms with Crippen molar-refractivity contribution in [1.82, 2.24) is 14.7 Å². The summed E-state index contributed by atoms with van der Waals surface area (Å²) in [6, 6.07) is 0. The molecule has 1 unspecified atom stereocenters. The highest BCUT2D eigenvalue weighted by atomic mass is 16.2. The predicted molar refractivity (Wildman–Crippen MR) is 104 cm³/mol. The third kappa shape index (κ3) is 4.89. The second kappa shape index (κ2) is 9.18. The quantitative estimate of drug-likeness (QED) is 0.549. The molecule has 0 N–H and O–H groups in total. The Bertz CT molecular complexity index is 565. The van der Waals surface area contributed by atoms with E-state index >= 15 is 0 Å². The van der Waals surface area contributed by atoms with Crippen LogP contribution in [-0.4, -0.2) is 70.7 Å². The first-order valence-electron chi connectivity index (χ1n) is 10.9. The molecule has 0 aromatic rings. The van der Waals surface area contributed by atoms with Gasteiger partial charge in [-0.05, 0) is 39.0 Å². The number of ketones is 1. The molecule has 3 saturated heterocycles. The van der Waals surface area contributed by atoms with Crippen molar-refractivity contribution in [3.63, 3.8) is 0 Å². The molecule has 0 radical (unpaired) electrons. The Morgan fingerprint density at radius 1 is 0.815 bits per heavy atom. The van der Waals surface area contributed by atoms with Gasteiger partial charge in [0.05, 0.1) is 12.2 Å². The number of amides is 2. The third-order valence-electron chi connectivity index (χ3n) is 6.61. The third-order valence-corrected chi connectivity index (χ3v) is 6.61. The summed E-state index contributed by atoms with van der Waals surface area (Å²) >= 11 is 0. The summed E-state index contributed by atoms with van der Waals surface area (Å²) in [6.07, 6.45) is 10.5. The highest BCUT2D eigenvalue weighted by Gasteiger charge is 2.44. The number of rotatable bonds is 10. The molecule has 3 aliphatic rings. The van der Waals surface area contributed by atoms with Gasteiger partial charge in [-0.3, -0.25) is 19.3 Å². The lowest BCUT2D eigenvalue weighted by atomic mass is 9.98. The summed E-state index contributed by atoms with van der Waals surface area (Å²) in [4.78, 5) is 42.1. The summed E-state index contributed by atoms with van der Waals surface area (Å²) in [5.74, 6) is 0.859. The monoisotopic (exact) mass is 377 g/mol. The fraction of sp³-hybridized carbons (Fsp3) is 0.857. The Labute approximate surface area is 163 Å². The van der Waals surface area contributed by atoms with E-state index in [1.54, 1.807) is 0 Å². The van der Waals surface area contributed by atoms with Crippen LogP contribution in [0.5, 0.6) is 0 Å². The highest BCUT2D eigenvalue weighted by Crippen LogP contribution is 2.33. The molecule has 1 atom stereocenters. The van der Waals surface area contributed by atoms with Crippen LogP contribution in [0.1, 0.15) is 77.6 Å². The summed E-state index contributed by atoms with van der Waals surface area (Å²) < 4.78 is 0. The first-order valence-corrected chi connectivity index (χ1v) is 10.9. The minimum Gasteiger partial charge on any atom is -0.343 e. The molecule has 0 aromatic carbocycles. The number of hydrogen-bond acceptors (Lipinski definition) is 4. The minimum atomic E-state index is -0.304. The molecule has 152 valence electrons. The standard InChI is InChI=1S/C21H35N3O3/c1-21(23-16-11-18(25)17-23,24-15-8-10-20(24)27)12-5-3-2-4-6-13-22-14-7-9-19(22)26/h2-17H2,1H3. The number of carbonyl (C=O) groups is 3. The van der Waals surface area contributed by atoms with Crippen LogP contribution >= 0.6 is 0 Å². The van der Waals surface area contributed by atoms with E-state index in [9.17, 15) is 14.4 Å². The van der Waals surface area contributed by atoms with Crippen LogP contribution in [0.3, 0.4) is 0 Å². The smallest absolute Gasteiger partial charge is 0.224 e. The van der Waals surface area contributed by atoms with E-state index in [0.717, 1.165) is 77.5 Å². The average molecular weight is 378 g/mol. The van der Waals surface area contributed by atoms with Crippen molar-refractivity contribution in [3.05, 3.63) is 0 Å². The molecule has 6 nitrogen and oxygen atoms in total. The van der Waals surface area contributed by atoms with E-state index in [1.165, 1.54) is 6.42 Å². The summed E-state index contributed by atoms with van der Waals surface area (Å²) in [5, 5.41) is 0. The Hall–Kier alpha value is -1.43. The maximum atomic E-state index is 12.4. The van der Waals surface area contributed by atoms with Crippen LogP contribution in [0.15, 0.2) is 0 Å². The van der Waals surface area contributed by atoms with Gasteiger partial charge < -0.3 is 9.80 Å². The molecule has 3 fully saturated rings. The van der Waals surface area contributed by atoms with Crippen LogP contribution < -0.4 is 0 Å². The van der Waals surface area contributed by atoms with E-state index in [1.807, 2.05) is 9.80 Å². The first kappa shape index (κ1) is 20.3. The average Bonchev–Trinajstić information content (AvgIpc) is 3.36. The Balaban J connectivity index is 1.41. The van der Waals surface area contributed by atoms with Crippen molar-refractivity contribution in [2.24, 2.45) is 0 Å². The Kier molecular flexibility index (Phi) is 6.90. The zero-order chi connectivity index (χ0) is 19.3. The minimum absolute atomic E-state index is 0.243. The van der Waals surface area contributed by atoms with Gasteiger partial charge in [0, 0.05) is 45.4 Å². The van der Waals surface area contributed by atoms with Gasteiger partial charge in [0.25, 0.3) is 0 Å². The number of Topliss-reactive ketones (excluding diaryl/α,β-unsaturated/α-hetero) is 1. The van der Waals surface area contributed by atoms with E-state index in [-0.39, 0.29) is 11.6 Å². The molecule has 3 heterocycles. The molecular formula is C21H35N3O3. The van der Waals surface area contributed by atoms with Crippen LogP contribution in [0, 0.1) is 0 Å². The molecule has 0 spiro atoms. The van der Waals surface area contributed by atoms with Crippen molar-refractivity contribution in [2.75, 3.05) is 32.7 Å². The largest absolute Gasteiger partial charge is 0.343 e. The van der Waals surface area contributed by atoms with Crippen molar-refractivity contribution < 1.29 is 14.4 Å². The van der Waals surface area contributed by atoms with E-state index in [2.05, 4.69) is 11.8 Å². The zero-order valence-corrected chi connectivity index (χ0v) is 16.9. The van der Waals surface area contributed by atoms with Gasteiger partial charge in [-0.1, -0.05) is 19.3 Å². The topological polar surface area (TPSA) is 60.9 Å². The first-order chi connectivity index (χ1) is 13.0. The Morgan fingerprint density at radius 2 is 1.52 bits per heavy atom. The van der Waals surface area contributed by atoms with Gasteiger partial charge >= 0.3 is 0 Å². The molecule has 3 aliphatic heterocycles. The van der Waals surface area contributed by atoms with Crippen LogP contribution in [0.4, 0.5) is 0 Å². The molecular weight excluding hydrogens is 342 g/mol. The van der Waals surface area contributed by atoms with Gasteiger partial charge in [-0.2, -0.15) is 0 Å². The lowest BCUT2D eigenvalue weighted by Gasteiger charge is -2.45. The van der Waals surface area contributed by atoms with Crippen LogP contribution in [0.2, 0.25) is 0 Å². The number of likely N-dealkylation sites (tertiary alicyclic amines) is 3. The van der Waals surface area contributed by atoms with Gasteiger partial charge in [0.2, 0.25) is 11.8 Å². The lowest BCUT2D eigenvalue weighted by molar-refractivity contribution is -0.142. The Morgan fingerprint density at radius 3 is 2.15 bits per heavy atom. The second-order valence-electron chi connectivity index (χ2n) is 8.58. The molecule has 0 aliphatic carbocycles. The van der Waals surface area contributed by atoms with Gasteiger partial charge in [-0.15, -0.1) is 0 Å². The number of unbranched alkanes of at least 4 members (excludes halogenated alkanes) is 4. The lowest BCUT2D eigenvalue weighted by Crippen LogP contribution is -2.58. The number of carbonyl (C=O) groups excluding carboxylic acids is 3. The number of hydrogen-bond donors (Lipinski definition) is 0. The number of nitrogens with zero attached hydrogens (tertiary/aromatic N) is 3. The summed E-state index contributed by atoms with van der Waals surface area (Å²) in [7, 11) is 0. The normalized spacial score (nSPS) is 23.7. The van der Waals surface area contributed by atoms with Crippen molar-refractivity contribution in [1.29, 1.82) is 0 Å². The molecule has 6 heteroatoms. The molecule has 0 saturated carbocycles. The van der Waals surface area contributed by atoms with Gasteiger partial charge in [0.15, 0.2) is 0 Å². The molecule has 0 bridgehead atoms. The SMILES string of the molecule is CC(CCCCCCCN1CCCC1=O)(N1CCC(=O)C1)N1CCCC1=O. The predicted octanol–water partition coefficient (Wildman–Crippen LogP) is 2.56. The van der Waals surface area contributed by atoms with Crippen LogP contribution in [-0.2, 0) is 14.4 Å². The van der Waals surface area contributed by atoms with Crippen molar-refractivity contribution >= 4 is 17.6 Å². The van der Waals surface area contributed by atoms with Crippen molar-refractivity contribution in [2.45, 2.75) is 83.2 Å². The fourth-order valence-corrected chi connectivity index (χ4v) is 4.90. The molecule has 2 amide bonds. The van der Waals surface area contributed by atoms with E-state index in [4.69, 9.17) is 0 Å². The van der Waals surface area contributed by atoms with Gasteiger partial charge in [-0.25, -0.2) is 0 Å². The van der Waals surface area contributed by atoms with Crippen LogP contribution in [0.25, 0.3) is 0 Å². The van der Waals surface area contributed by atoms with Crippen molar-refractivity contribution in [3.8, 4) is 0 Å². The van der Waals surface area contributed by atoms with E-state index in [0.29, 0.717) is 31.1 Å². The maximum absolute atomic E-state index is 12.4. The van der Waals surface area contributed by atoms with E-state index < -0.39 is 0 Å². The molecule has 0 aromatic heterocycles. The fourth-order valence-electron chi connectivity index (χ4n) is 4.90. The second-order valence-corrected chi connectivity index (χ2v) is 8.58. The highest BCUT2D eigenvalue weighted by molar-refractivity contribution is 5.83. The molecule has 27 heavy (non-hydrogen) atoms. The molecule has 3 rings (SSSR count). The summed E-state index contributed by atoms with van der Waals surface area (Å²) in [5.41, 5.74) is -0.304.